The highest BCUT2D eigenvalue weighted by atomic mass is 16.5. The van der Waals surface area contributed by atoms with E-state index in [-0.39, 0.29) is 0 Å². The fraction of sp³-hybridized carbons (Fsp3) is 0. The molecule has 0 spiro atoms. The molecule has 0 unspecified atom stereocenters. The van der Waals surface area contributed by atoms with Gasteiger partial charge in [0, 0.05) is 0 Å². The molecule has 0 heterocycles. The predicted molar refractivity (Wildman–Crippen MR) is 46.1 cm³/mol. The van der Waals surface area contributed by atoms with Crippen LogP contribution in [0.5, 0.6) is 5.75 Å². The van der Waals surface area contributed by atoms with Crippen molar-refractivity contribution >= 4 is 11.4 Å². The summed E-state index contributed by atoms with van der Waals surface area (Å²) in [7, 11) is 0. The van der Waals surface area contributed by atoms with Gasteiger partial charge in [0.25, 0.3) is 0 Å². The highest BCUT2D eigenvalue weighted by Crippen LogP contribution is 2.28. The van der Waals surface area contributed by atoms with E-state index in [1.54, 1.807) is 18.2 Å². The first-order valence-corrected chi connectivity index (χ1v) is 3.17. The minimum atomic E-state index is 0.475. The maximum Gasteiger partial charge on any atom is 0.172 e. The zero-order valence-electron chi connectivity index (χ0n) is 6.08. The number of nitrogen functional groups attached to an aromatic ring is 2. The summed E-state index contributed by atoms with van der Waals surface area (Å²) in [5, 5.41) is 0. The van der Waals surface area contributed by atoms with Gasteiger partial charge in [-0.2, -0.15) is 0 Å². The van der Waals surface area contributed by atoms with Gasteiger partial charge in [0.15, 0.2) is 5.75 Å². The van der Waals surface area contributed by atoms with Crippen LogP contribution < -0.4 is 16.2 Å². The molecule has 0 aromatic heterocycles. The molecule has 3 nitrogen and oxygen atoms in total. The molecular weight excluding hydrogens is 140 g/mol. The molecule has 58 valence electrons. The van der Waals surface area contributed by atoms with E-state index in [1.807, 2.05) is 0 Å². The molecule has 1 aromatic carbocycles. The molecule has 4 N–H and O–H groups in total. The third kappa shape index (κ3) is 1.43. The Labute approximate surface area is 65.3 Å². The molecule has 0 saturated carbocycles. The van der Waals surface area contributed by atoms with Crippen LogP contribution in [-0.2, 0) is 0 Å². The van der Waals surface area contributed by atoms with Crippen LogP contribution in [0.25, 0.3) is 0 Å². The molecule has 0 fully saturated rings. The number of benzene rings is 1. The highest BCUT2D eigenvalue weighted by molar-refractivity contribution is 5.67. The monoisotopic (exact) mass is 150 g/mol. The largest absolute Gasteiger partial charge is 0.461 e. The van der Waals surface area contributed by atoms with E-state index < -0.39 is 0 Å². The zero-order chi connectivity index (χ0) is 8.27. The van der Waals surface area contributed by atoms with Crippen molar-refractivity contribution in [2.24, 2.45) is 0 Å². The van der Waals surface area contributed by atoms with Gasteiger partial charge >= 0.3 is 0 Å². The third-order valence-corrected chi connectivity index (χ3v) is 1.28. The third-order valence-electron chi connectivity index (χ3n) is 1.28. The number of anilines is 2. The summed E-state index contributed by atoms with van der Waals surface area (Å²) in [5.74, 6) is 0.475. The van der Waals surface area contributed by atoms with Crippen molar-refractivity contribution in [1.29, 1.82) is 0 Å². The zero-order valence-corrected chi connectivity index (χ0v) is 6.08. The van der Waals surface area contributed by atoms with Crippen LogP contribution in [-0.4, -0.2) is 0 Å². The molecule has 0 saturated heterocycles. The first kappa shape index (κ1) is 7.47. The van der Waals surface area contributed by atoms with Gasteiger partial charge in [0.05, 0.1) is 17.6 Å². The standard InChI is InChI=1S/C8H10N2O/c1-2-11-8-6(9)4-3-5-7(8)10/h2-5H,1,9-10H2. The van der Waals surface area contributed by atoms with Gasteiger partial charge in [-0.25, -0.2) is 0 Å². The van der Waals surface area contributed by atoms with Gasteiger partial charge in [0.2, 0.25) is 0 Å². The number of ether oxygens (including phenoxy) is 1. The molecule has 0 radical (unpaired) electrons. The number of rotatable bonds is 2. The van der Waals surface area contributed by atoms with Gasteiger partial charge in [0.1, 0.15) is 0 Å². The average molecular weight is 150 g/mol. The van der Waals surface area contributed by atoms with Crippen LogP contribution in [0.2, 0.25) is 0 Å². The average Bonchev–Trinajstić information content (AvgIpc) is 1.97. The van der Waals surface area contributed by atoms with Crippen molar-refractivity contribution in [2.45, 2.75) is 0 Å². The molecular formula is C8H10N2O. The van der Waals surface area contributed by atoms with Crippen LogP contribution in [0.4, 0.5) is 11.4 Å². The second-order valence-electron chi connectivity index (χ2n) is 2.05. The van der Waals surface area contributed by atoms with Crippen molar-refractivity contribution in [3.05, 3.63) is 31.0 Å². The summed E-state index contributed by atoms with van der Waals surface area (Å²) in [5.41, 5.74) is 12.1. The molecule has 11 heavy (non-hydrogen) atoms. The maximum atomic E-state index is 5.55. The minimum absolute atomic E-state index is 0.475. The Morgan fingerprint density at radius 2 is 1.82 bits per heavy atom. The lowest BCUT2D eigenvalue weighted by Gasteiger charge is -2.05. The Hall–Kier alpha value is -1.64. The summed E-state index contributed by atoms with van der Waals surface area (Å²) in [6, 6.07) is 5.20. The number of hydrogen-bond donors (Lipinski definition) is 2. The van der Waals surface area contributed by atoms with E-state index in [1.165, 1.54) is 6.26 Å². The van der Waals surface area contributed by atoms with E-state index in [4.69, 9.17) is 16.2 Å². The summed E-state index contributed by atoms with van der Waals surface area (Å²) < 4.78 is 4.98. The Morgan fingerprint density at radius 3 is 2.27 bits per heavy atom. The van der Waals surface area contributed by atoms with Crippen molar-refractivity contribution in [3.8, 4) is 5.75 Å². The molecule has 1 aromatic rings. The quantitative estimate of drug-likeness (QED) is 0.494. The molecule has 0 aliphatic heterocycles. The lowest BCUT2D eigenvalue weighted by atomic mass is 10.2. The van der Waals surface area contributed by atoms with E-state index in [9.17, 15) is 0 Å². The van der Waals surface area contributed by atoms with Gasteiger partial charge in [-0.3, -0.25) is 0 Å². The smallest absolute Gasteiger partial charge is 0.172 e. The first-order chi connectivity index (χ1) is 5.25. The number of hydrogen-bond acceptors (Lipinski definition) is 3. The second-order valence-corrected chi connectivity index (χ2v) is 2.05. The summed E-state index contributed by atoms with van der Waals surface area (Å²) in [4.78, 5) is 0. The lowest BCUT2D eigenvalue weighted by molar-refractivity contribution is 0.488. The van der Waals surface area contributed by atoms with E-state index >= 15 is 0 Å². The topological polar surface area (TPSA) is 61.3 Å². The Kier molecular flexibility index (Phi) is 2.01. The molecule has 0 aliphatic carbocycles. The van der Waals surface area contributed by atoms with E-state index in [2.05, 4.69) is 6.58 Å². The van der Waals surface area contributed by atoms with Gasteiger partial charge in [-0.15, -0.1) is 0 Å². The summed E-state index contributed by atoms with van der Waals surface area (Å²) in [6.07, 6.45) is 1.29. The molecule has 0 atom stereocenters. The molecule has 1 rings (SSSR count). The molecule has 3 heteroatoms. The van der Waals surface area contributed by atoms with Crippen LogP contribution in [0.3, 0.4) is 0 Å². The van der Waals surface area contributed by atoms with Gasteiger partial charge < -0.3 is 16.2 Å². The summed E-state index contributed by atoms with van der Waals surface area (Å²) >= 11 is 0. The second kappa shape index (κ2) is 2.96. The summed E-state index contributed by atoms with van der Waals surface area (Å²) in [6.45, 7) is 3.40. The SMILES string of the molecule is C=COc1c(N)cccc1N. The van der Waals surface area contributed by atoms with Crippen molar-refractivity contribution in [3.63, 3.8) is 0 Å². The lowest BCUT2D eigenvalue weighted by Crippen LogP contribution is -1.95. The van der Waals surface area contributed by atoms with E-state index in [0.29, 0.717) is 17.1 Å². The van der Waals surface area contributed by atoms with Gasteiger partial charge in [-0.1, -0.05) is 12.6 Å². The van der Waals surface area contributed by atoms with Crippen molar-refractivity contribution in [1.82, 2.24) is 0 Å². The fourth-order valence-electron chi connectivity index (χ4n) is 0.793. The first-order valence-electron chi connectivity index (χ1n) is 3.17. The Bertz CT molecular complexity index is 251. The van der Waals surface area contributed by atoms with Gasteiger partial charge in [-0.05, 0) is 12.1 Å². The van der Waals surface area contributed by atoms with Crippen LogP contribution >= 0.6 is 0 Å². The molecule has 0 amide bonds. The normalized spacial score (nSPS) is 9.09. The minimum Gasteiger partial charge on any atom is -0.461 e. The van der Waals surface area contributed by atoms with E-state index in [0.717, 1.165) is 0 Å². The number of nitrogens with two attached hydrogens (primary N) is 2. The van der Waals surface area contributed by atoms with Crippen LogP contribution in [0.1, 0.15) is 0 Å². The van der Waals surface area contributed by atoms with Crippen LogP contribution in [0.15, 0.2) is 31.0 Å². The molecule has 0 bridgehead atoms. The van der Waals surface area contributed by atoms with Crippen molar-refractivity contribution < 1.29 is 4.74 Å². The fourth-order valence-corrected chi connectivity index (χ4v) is 0.793. The van der Waals surface area contributed by atoms with Crippen molar-refractivity contribution in [2.75, 3.05) is 11.5 Å². The Balaban J connectivity index is 3.09. The maximum absolute atomic E-state index is 5.55. The predicted octanol–water partition coefficient (Wildman–Crippen LogP) is 1.37. The highest BCUT2D eigenvalue weighted by Gasteiger charge is 2.01. The molecule has 0 aliphatic rings. The number of para-hydroxylation sites is 1. The Morgan fingerprint density at radius 1 is 1.27 bits per heavy atom. The van der Waals surface area contributed by atoms with Crippen LogP contribution in [0, 0.1) is 0 Å².